The van der Waals surface area contributed by atoms with Crippen LogP contribution < -0.4 is 9.13 Å². The number of para-hydroxylation sites is 1. The molecule has 0 atom stereocenters. The van der Waals surface area contributed by atoms with Gasteiger partial charge >= 0.3 is 0 Å². The monoisotopic (exact) mass is 366 g/mol. The number of nitrogens with zero attached hydrogens (tertiary/aromatic N) is 2. The number of hydrogen-bond donors (Lipinski definition) is 0. The molecular formula is C26H26N2+2. The lowest BCUT2D eigenvalue weighted by atomic mass is 9.86. The molecular weight excluding hydrogens is 340 g/mol. The number of aromatic nitrogens is 2. The third-order valence-electron chi connectivity index (χ3n) is 6.10. The lowest BCUT2D eigenvalue weighted by Crippen LogP contribution is -2.42. The van der Waals surface area contributed by atoms with E-state index < -0.39 is 0 Å². The van der Waals surface area contributed by atoms with Crippen LogP contribution in [-0.4, -0.2) is 0 Å². The molecule has 0 unspecified atom stereocenters. The molecule has 1 aliphatic heterocycles. The molecule has 4 aromatic rings. The van der Waals surface area contributed by atoms with E-state index in [9.17, 15) is 0 Å². The number of aryl methyl sites for hydroxylation is 4. The summed E-state index contributed by atoms with van der Waals surface area (Å²) in [6, 6.07) is 24.6. The molecule has 0 bridgehead atoms. The second kappa shape index (κ2) is 6.87. The van der Waals surface area contributed by atoms with Crippen LogP contribution in [0.4, 0.5) is 0 Å². The van der Waals surface area contributed by atoms with Gasteiger partial charge in [-0.05, 0) is 42.7 Å². The fraction of sp³-hybridized carbons (Fsp3) is 0.231. The van der Waals surface area contributed by atoms with E-state index in [-0.39, 0.29) is 0 Å². The second-order valence-electron chi connectivity index (χ2n) is 7.54. The molecule has 2 nitrogen and oxygen atoms in total. The number of hydrogen-bond acceptors (Lipinski definition) is 0. The molecule has 28 heavy (non-hydrogen) atoms. The van der Waals surface area contributed by atoms with Crippen LogP contribution in [-0.2, 0) is 25.9 Å². The highest BCUT2D eigenvalue weighted by Gasteiger charge is 2.31. The Morgan fingerprint density at radius 1 is 0.786 bits per heavy atom. The summed E-state index contributed by atoms with van der Waals surface area (Å²) in [5.41, 5.74) is 9.71. The van der Waals surface area contributed by atoms with Gasteiger partial charge in [0, 0.05) is 36.1 Å². The van der Waals surface area contributed by atoms with Gasteiger partial charge in [-0.2, -0.15) is 9.13 Å². The number of rotatable bonds is 3. The van der Waals surface area contributed by atoms with Crippen molar-refractivity contribution in [2.24, 2.45) is 0 Å². The van der Waals surface area contributed by atoms with Crippen LogP contribution in [0.15, 0.2) is 72.9 Å². The van der Waals surface area contributed by atoms with Crippen LogP contribution in [0.1, 0.15) is 25.0 Å². The first-order chi connectivity index (χ1) is 13.8. The van der Waals surface area contributed by atoms with E-state index in [1.54, 1.807) is 0 Å². The largest absolute Gasteiger partial charge is 0.214 e. The molecule has 0 saturated heterocycles. The van der Waals surface area contributed by atoms with Crippen LogP contribution in [0, 0.1) is 0 Å². The van der Waals surface area contributed by atoms with Crippen molar-refractivity contribution in [2.45, 2.75) is 39.8 Å². The molecule has 0 aliphatic carbocycles. The van der Waals surface area contributed by atoms with Crippen molar-refractivity contribution < 1.29 is 9.13 Å². The smallest absolute Gasteiger partial charge is 0.199 e. The van der Waals surface area contributed by atoms with E-state index in [0.29, 0.717) is 0 Å². The highest BCUT2D eigenvalue weighted by Crippen LogP contribution is 2.38. The molecule has 2 aromatic heterocycles. The summed E-state index contributed by atoms with van der Waals surface area (Å²) in [6.07, 6.45) is 4.32. The topological polar surface area (TPSA) is 7.76 Å². The van der Waals surface area contributed by atoms with E-state index in [0.717, 1.165) is 25.9 Å². The summed E-state index contributed by atoms with van der Waals surface area (Å²) in [6.45, 7) is 6.50. The van der Waals surface area contributed by atoms with Crippen molar-refractivity contribution in [3.8, 4) is 22.5 Å². The summed E-state index contributed by atoms with van der Waals surface area (Å²) < 4.78 is 4.88. The summed E-state index contributed by atoms with van der Waals surface area (Å²) in [5, 5.41) is 1.31. The molecule has 1 aliphatic rings. The minimum atomic E-state index is 0.973. The Balaban J connectivity index is 1.88. The molecule has 0 saturated carbocycles. The van der Waals surface area contributed by atoms with Crippen molar-refractivity contribution in [2.75, 3.05) is 0 Å². The summed E-state index contributed by atoms with van der Waals surface area (Å²) in [7, 11) is 0. The Kier molecular flexibility index (Phi) is 4.20. The Morgan fingerprint density at radius 2 is 1.64 bits per heavy atom. The quantitative estimate of drug-likeness (QED) is 0.456. The van der Waals surface area contributed by atoms with E-state index in [2.05, 4.69) is 95.9 Å². The Morgan fingerprint density at radius 3 is 2.50 bits per heavy atom. The van der Waals surface area contributed by atoms with E-state index in [4.69, 9.17) is 0 Å². The first-order valence-electron chi connectivity index (χ1n) is 10.4. The predicted octanol–water partition coefficient (Wildman–Crippen LogP) is 4.89. The van der Waals surface area contributed by atoms with Crippen LogP contribution in [0.25, 0.3) is 33.4 Å². The van der Waals surface area contributed by atoms with Crippen LogP contribution in [0.2, 0.25) is 0 Å². The van der Waals surface area contributed by atoms with Crippen LogP contribution in [0.5, 0.6) is 0 Å². The average molecular weight is 367 g/mol. The average Bonchev–Trinajstić information content (AvgIpc) is 2.77. The van der Waals surface area contributed by atoms with Gasteiger partial charge in [0.15, 0.2) is 12.7 Å². The first-order valence-corrected chi connectivity index (χ1v) is 10.4. The highest BCUT2D eigenvalue weighted by molar-refractivity contribution is 5.86. The lowest BCUT2D eigenvalue weighted by molar-refractivity contribution is -0.682. The molecule has 0 fully saturated rings. The molecule has 2 aromatic carbocycles. The zero-order valence-electron chi connectivity index (χ0n) is 16.7. The van der Waals surface area contributed by atoms with Gasteiger partial charge in [0.25, 0.3) is 0 Å². The molecule has 0 spiro atoms. The molecule has 0 N–H and O–H groups in total. The fourth-order valence-corrected chi connectivity index (χ4v) is 4.71. The Hall–Kier alpha value is -3.00. The lowest BCUT2D eigenvalue weighted by Gasteiger charge is -2.20. The zero-order valence-corrected chi connectivity index (χ0v) is 16.7. The van der Waals surface area contributed by atoms with Gasteiger partial charge in [-0.1, -0.05) is 31.2 Å². The molecule has 0 amide bonds. The molecule has 3 heterocycles. The molecule has 5 rings (SSSR count). The summed E-state index contributed by atoms with van der Waals surface area (Å²) >= 11 is 0. The molecule has 2 heteroatoms. The van der Waals surface area contributed by atoms with Crippen molar-refractivity contribution in [3.63, 3.8) is 0 Å². The Bertz CT molecular complexity index is 1190. The third-order valence-corrected chi connectivity index (χ3v) is 6.10. The zero-order chi connectivity index (χ0) is 19.1. The van der Waals surface area contributed by atoms with Gasteiger partial charge in [-0.15, -0.1) is 0 Å². The third kappa shape index (κ3) is 2.56. The molecule has 138 valence electrons. The maximum atomic E-state index is 2.51. The van der Waals surface area contributed by atoms with Gasteiger partial charge in [-0.25, -0.2) is 0 Å². The number of fused-ring (bicyclic) bond motifs is 5. The maximum absolute atomic E-state index is 2.51. The first kappa shape index (κ1) is 17.1. The van der Waals surface area contributed by atoms with Gasteiger partial charge in [0.1, 0.15) is 6.54 Å². The van der Waals surface area contributed by atoms with E-state index in [1.807, 2.05) is 0 Å². The summed E-state index contributed by atoms with van der Waals surface area (Å²) in [4.78, 5) is 0. The standard InChI is InChI=1S/C26H26N2/c1-3-19-12-13-21-16-18-28-22-10-6-5-9-20(22)14-15-24(28)26(21)25(19)23-11-7-8-17-27(23)4-2/h5-15,17H,3-4,16,18H2,1-2H3/q+2. The number of pyridine rings is 2. The van der Waals surface area contributed by atoms with E-state index >= 15 is 0 Å². The minimum Gasteiger partial charge on any atom is -0.199 e. The second-order valence-corrected chi connectivity index (χ2v) is 7.54. The minimum absolute atomic E-state index is 0.973. The summed E-state index contributed by atoms with van der Waals surface area (Å²) in [5.74, 6) is 0. The van der Waals surface area contributed by atoms with Gasteiger partial charge in [0.2, 0.25) is 16.9 Å². The Labute approximate surface area is 166 Å². The van der Waals surface area contributed by atoms with Crippen molar-refractivity contribution >= 4 is 10.9 Å². The van der Waals surface area contributed by atoms with Gasteiger partial charge in [0.05, 0.1) is 11.1 Å². The predicted molar refractivity (Wildman–Crippen MR) is 114 cm³/mol. The maximum Gasteiger partial charge on any atom is 0.214 e. The molecule has 0 radical (unpaired) electrons. The normalized spacial score (nSPS) is 12.6. The van der Waals surface area contributed by atoms with Crippen molar-refractivity contribution in [1.29, 1.82) is 0 Å². The van der Waals surface area contributed by atoms with Gasteiger partial charge < -0.3 is 0 Å². The number of benzene rings is 2. The van der Waals surface area contributed by atoms with Crippen LogP contribution >= 0.6 is 0 Å². The fourth-order valence-electron chi connectivity index (χ4n) is 4.71. The highest BCUT2D eigenvalue weighted by atomic mass is 15.0. The van der Waals surface area contributed by atoms with Crippen molar-refractivity contribution in [1.82, 2.24) is 0 Å². The van der Waals surface area contributed by atoms with Gasteiger partial charge in [-0.3, -0.25) is 0 Å². The van der Waals surface area contributed by atoms with Crippen molar-refractivity contribution in [3.05, 3.63) is 84.1 Å². The van der Waals surface area contributed by atoms with E-state index in [1.165, 1.54) is 44.5 Å². The van der Waals surface area contributed by atoms with Crippen LogP contribution in [0.3, 0.4) is 0 Å². The SMILES string of the molecule is CCc1ccc2c(c1-c1cccc[n+]1CC)-c1ccc3ccccc3[n+]1CC2.